The van der Waals surface area contributed by atoms with Gasteiger partial charge in [-0.05, 0) is 34.0 Å². The van der Waals surface area contributed by atoms with Crippen LogP contribution in [0.5, 0.6) is 0 Å². The summed E-state index contributed by atoms with van der Waals surface area (Å²) in [4.78, 5) is 2.17. The first-order valence-electron chi connectivity index (χ1n) is 5.21. The molecule has 1 atom stereocenters. The van der Waals surface area contributed by atoms with Crippen molar-refractivity contribution >= 4 is 0 Å². The standard InChI is InChI=1S/C10H24N2O2/c1-5-14-9-8-12(3)10(13-4)6-7-11-2/h10-11H,5-9H2,1-4H3. The highest BCUT2D eigenvalue weighted by Gasteiger charge is 2.12. The molecule has 4 nitrogen and oxygen atoms in total. The van der Waals surface area contributed by atoms with E-state index in [1.54, 1.807) is 7.11 Å². The van der Waals surface area contributed by atoms with Crippen molar-refractivity contribution in [2.45, 2.75) is 19.6 Å². The Kier molecular flexibility index (Phi) is 9.29. The average molecular weight is 204 g/mol. The minimum atomic E-state index is 0.183. The molecular formula is C10H24N2O2. The number of likely N-dealkylation sites (N-methyl/N-ethyl adjacent to an activating group) is 1. The van der Waals surface area contributed by atoms with Gasteiger partial charge in [-0.15, -0.1) is 0 Å². The van der Waals surface area contributed by atoms with Gasteiger partial charge in [-0.1, -0.05) is 0 Å². The van der Waals surface area contributed by atoms with Crippen molar-refractivity contribution in [2.24, 2.45) is 0 Å². The zero-order valence-electron chi connectivity index (χ0n) is 9.88. The SMILES string of the molecule is CCOCCN(C)C(CCNC)OC. The van der Waals surface area contributed by atoms with Gasteiger partial charge in [0, 0.05) is 20.3 Å². The number of nitrogens with zero attached hydrogens (tertiary/aromatic N) is 1. The van der Waals surface area contributed by atoms with E-state index < -0.39 is 0 Å². The van der Waals surface area contributed by atoms with Crippen LogP contribution >= 0.6 is 0 Å². The van der Waals surface area contributed by atoms with Crippen molar-refractivity contribution in [3.05, 3.63) is 0 Å². The molecule has 0 aliphatic carbocycles. The Morgan fingerprint density at radius 1 is 1.43 bits per heavy atom. The number of ether oxygens (including phenoxy) is 2. The molecule has 14 heavy (non-hydrogen) atoms. The largest absolute Gasteiger partial charge is 0.380 e. The van der Waals surface area contributed by atoms with Gasteiger partial charge in [0.15, 0.2) is 0 Å². The van der Waals surface area contributed by atoms with Crippen LogP contribution in [0, 0.1) is 0 Å². The summed E-state index contributed by atoms with van der Waals surface area (Å²) in [5.41, 5.74) is 0. The number of nitrogens with one attached hydrogen (secondary N) is 1. The maximum Gasteiger partial charge on any atom is 0.111 e. The first-order chi connectivity index (χ1) is 6.76. The molecule has 0 rings (SSSR count). The number of methoxy groups -OCH3 is 1. The van der Waals surface area contributed by atoms with Crippen molar-refractivity contribution in [3.8, 4) is 0 Å². The fourth-order valence-corrected chi connectivity index (χ4v) is 1.28. The number of hydrogen-bond acceptors (Lipinski definition) is 4. The molecule has 0 aromatic carbocycles. The highest BCUT2D eigenvalue weighted by molar-refractivity contribution is 4.59. The van der Waals surface area contributed by atoms with Gasteiger partial charge in [-0.2, -0.15) is 0 Å². The highest BCUT2D eigenvalue weighted by atomic mass is 16.5. The number of rotatable bonds is 9. The van der Waals surface area contributed by atoms with E-state index in [1.165, 1.54) is 0 Å². The van der Waals surface area contributed by atoms with Gasteiger partial charge in [0.25, 0.3) is 0 Å². The Labute approximate surface area is 87.6 Å². The van der Waals surface area contributed by atoms with Crippen LogP contribution in [0.2, 0.25) is 0 Å². The van der Waals surface area contributed by atoms with E-state index in [9.17, 15) is 0 Å². The first kappa shape index (κ1) is 13.8. The Morgan fingerprint density at radius 3 is 2.64 bits per heavy atom. The second-order valence-corrected chi connectivity index (χ2v) is 3.26. The Hall–Kier alpha value is -0.160. The molecule has 0 aromatic rings. The average Bonchev–Trinajstić information content (AvgIpc) is 2.19. The summed E-state index contributed by atoms with van der Waals surface area (Å²) in [6, 6.07) is 0. The molecule has 0 saturated carbocycles. The zero-order valence-corrected chi connectivity index (χ0v) is 9.88. The Balaban J connectivity index is 3.61. The van der Waals surface area contributed by atoms with Crippen molar-refractivity contribution in [2.75, 3.05) is 47.5 Å². The van der Waals surface area contributed by atoms with E-state index in [1.807, 2.05) is 14.0 Å². The van der Waals surface area contributed by atoms with Crippen LogP contribution in [-0.2, 0) is 9.47 Å². The minimum absolute atomic E-state index is 0.183. The lowest BCUT2D eigenvalue weighted by molar-refractivity contribution is -0.0335. The van der Waals surface area contributed by atoms with Gasteiger partial charge in [0.05, 0.1) is 6.61 Å². The monoisotopic (exact) mass is 204 g/mol. The molecule has 0 saturated heterocycles. The smallest absolute Gasteiger partial charge is 0.111 e. The molecular weight excluding hydrogens is 180 g/mol. The summed E-state index contributed by atoms with van der Waals surface area (Å²) in [5, 5.41) is 3.12. The summed E-state index contributed by atoms with van der Waals surface area (Å²) in [6.45, 7) is 5.44. The molecule has 1 N–H and O–H groups in total. The van der Waals surface area contributed by atoms with E-state index in [4.69, 9.17) is 9.47 Å². The van der Waals surface area contributed by atoms with Crippen LogP contribution in [0.25, 0.3) is 0 Å². The molecule has 0 bridgehead atoms. The third-order valence-corrected chi connectivity index (χ3v) is 2.20. The van der Waals surface area contributed by atoms with Crippen LogP contribution in [0.4, 0.5) is 0 Å². The van der Waals surface area contributed by atoms with Gasteiger partial charge >= 0.3 is 0 Å². The van der Waals surface area contributed by atoms with E-state index in [2.05, 4.69) is 17.3 Å². The lowest BCUT2D eigenvalue weighted by Crippen LogP contribution is -2.37. The van der Waals surface area contributed by atoms with Crippen molar-refractivity contribution in [1.82, 2.24) is 10.2 Å². The Morgan fingerprint density at radius 2 is 2.14 bits per heavy atom. The molecule has 0 fully saturated rings. The first-order valence-corrected chi connectivity index (χ1v) is 5.21. The van der Waals surface area contributed by atoms with Crippen molar-refractivity contribution in [3.63, 3.8) is 0 Å². The second-order valence-electron chi connectivity index (χ2n) is 3.26. The predicted molar refractivity (Wildman–Crippen MR) is 58.5 cm³/mol. The molecule has 4 heteroatoms. The Bertz CT molecular complexity index is 123. The molecule has 0 aromatic heterocycles. The van der Waals surface area contributed by atoms with Crippen molar-refractivity contribution < 1.29 is 9.47 Å². The zero-order chi connectivity index (χ0) is 10.8. The lowest BCUT2D eigenvalue weighted by atomic mass is 10.3. The van der Waals surface area contributed by atoms with Gasteiger partial charge in [0.2, 0.25) is 0 Å². The highest BCUT2D eigenvalue weighted by Crippen LogP contribution is 2.01. The topological polar surface area (TPSA) is 33.7 Å². The van der Waals surface area contributed by atoms with Crippen LogP contribution in [-0.4, -0.2) is 58.6 Å². The van der Waals surface area contributed by atoms with Gasteiger partial charge in [-0.3, -0.25) is 4.90 Å². The molecule has 0 spiro atoms. The quantitative estimate of drug-likeness (QED) is 0.439. The van der Waals surface area contributed by atoms with E-state index in [0.717, 1.165) is 32.7 Å². The van der Waals surface area contributed by atoms with E-state index in [-0.39, 0.29) is 6.23 Å². The molecule has 86 valence electrons. The third-order valence-electron chi connectivity index (χ3n) is 2.20. The number of hydrogen-bond donors (Lipinski definition) is 1. The summed E-state index contributed by atoms with van der Waals surface area (Å²) >= 11 is 0. The lowest BCUT2D eigenvalue weighted by Gasteiger charge is -2.26. The summed E-state index contributed by atoms with van der Waals surface area (Å²) in [7, 11) is 5.76. The van der Waals surface area contributed by atoms with E-state index in [0.29, 0.717) is 0 Å². The maximum atomic E-state index is 5.38. The van der Waals surface area contributed by atoms with Crippen LogP contribution in [0.3, 0.4) is 0 Å². The second kappa shape index (κ2) is 9.40. The minimum Gasteiger partial charge on any atom is -0.380 e. The van der Waals surface area contributed by atoms with E-state index >= 15 is 0 Å². The molecule has 0 aliphatic rings. The summed E-state index contributed by atoms with van der Waals surface area (Å²) < 4.78 is 10.7. The predicted octanol–water partition coefficient (Wildman–Crippen LogP) is 0.537. The van der Waals surface area contributed by atoms with Gasteiger partial charge in [-0.25, -0.2) is 0 Å². The molecule has 0 heterocycles. The van der Waals surface area contributed by atoms with Gasteiger partial charge in [0.1, 0.15) is 6.23 Å². The normalized spacial score (nSPS) is 13.5. The van der Waals surface area contributed by atoms with Crippen LogP contribution in [0.1, 0.15) is 13.3 Å². The molecule has 0 aliphatic heterocycles. The fraction of sp³-hybridized carbons (Fsp3) is 1.00. The van der Waals surface area contributed by atoms with Gasteiger partial charge < -0.3 is 14.8 Å². The fourth-order valence-electron chi connectivity index (χ4n) is 1.28. The molecule has 0 radical (unpaired) electrons. The van der Waals surface area contributed by atoms with Crippen molar-refractivity contribution in [1.29, 1.82) is 0 Å². The molecule has 1 unspecified atom stereocenters. The molecule has 0 amide bonds. The van der Waals surface area contributed by atoms with Crippen LogP contribution in [0.15, 0.2) is 0 Å². The third kappa shape index (κ3) is 6.32. The maximum absolute atomic E-state index is 5.38. The summed E-state index contributed by atoms with van der Waals surface area (Å²) in [5.74, 6) is 0. The van der Waals surface area contributed by atoms with Crippen LogP contribution < -0.4 is 5.32 Å². The summed E-state index contributed by atoms with van der Waals surface area (Å²) in [6.07, 6.45) is 1.18.